The van der Waals surface area contributed by atoms with E-state index in [0.717, 1.165) is 30.8 Å². The smallest absolute Gasteiger partial charge is 0.169 e. The summed E-state index contributed by atoms with van der Waals surface area (Å²) in [7, 11) is 1.61. The van der Waals surface area contributed by atoms with E-state index < -0.39 is 0 Å². The molecule has 0 N–H and O–H groups in total. The molecule has 1 atom stereocenters. The predicted octanol–water partition coefficient (Wildman–Crippen LogP) is 7.88. The molecule has 0 aromatic heterocycles. The van der Waals surface area contributed by atoms with Gasteiger partial charge in [-0.3, -0.25) is 4.99 Å². The summed E-state index contributed by atoms with van der Waals surface area (Å²) in [5.74, 6) is 2.10. The van der Waals surface area contributed by atoms with Crippen molar-refractivity contribution in [2.45, 2.75) is 52.0 Å². The van der Waals surface area contributed by atoms with Crippen LogP contribution in [0.2, 0.25) is 0 Å². The second-order valence-corrected chi connectivity index (χ2v) is 9.51. The summed E-state index contributed by atoms with van der Waals surface area (Å²) in [6, 6.07) is 18.5. The van der Waals surface area contributed by atoms with E-state index in [1.807, 2.05) is 54.6 Å². The number of nitrogens with zero attached hydrogens (tertiary/aromatic N) is 2. The molecular weight excluding hydrogens is 427 g/mol. The van der Waals surface area contributed by atoms with Crippen LogP contribution in [0.1, 0.15) is 57.6 Å². The third-order valence-corrected chi connectivity index (χ3v) is 6.44. The summed E-state index contributed by atoms with van der Waals surface area (Å²) >= 11 is 0. The molecule has 0 saturated carbocycles. The number of fused-ring (bicyclic) bond motifs is 1. The van der Waals surface area contributed by atoms with Gasteiger partial charge in [-0.1, -0.05) is 26.0 Å². The Morgan fingerprint density at radius 2 is 1.79 bits per heavy atom. The average Bonchev–Trinajstić information content (AvgIpc) is 2.81. The molecule has 0 saturated heterocycles. The minimum atomic E-state index is -0.246. The minimum absolute atomic E-state index is 0.0120. The zero-order valence-electron chi connectivity index (χ0n) is 20.6. The van der Waals surface area contributed by atoms with Crippen molar-refractivity contribution in [2.24, 2.45) is 4.99 Å². The number of aliphatic imine (C=N–C) groups is 1. The van der Waals surface area contributed by atoms with Crippen LogP contribution in [-0.4, -0.2) is 25.4 Å². The van der Waals surface area contributed by atoms with Crippen LogP contribution in [-0.2, 0) is 0 Å². The van der Waals surface area contributed by atoms with Crippen molar-refractivity contribution < 1.29 is 13.9 Å². The van der Waals surface area contributed by atoms with Crippen LogP contribution in [0.25, 0.3) is 0 Å². The van der Waals surface area contributed by atoms with Crippen molar-refractivity contribution in [1.82, 2.24) is 0 Å². The molecule has 178 valence electrons. The lowest BCUT2D eigenvalue weighted by Gasteiger charge is -2.47. The molecule has 0 fully saturated rings. The van der Waals surface area contributed by atoms with Crippen LogP contribution in [0.5, 0.6) is 17.2 Å². The molecule has 3 aromatic rings. The predicted molar refractivity (Wildman–Crippen MR) is 138 cm³/mol. The molecule has 3 aromatic carbocycles. The zero-order chi connectivity index (χ0) is 24.3. The monoisotopic (exact) mass is 460 g/mol. The fraction of sp³-hybridized carbons (Fsp3) is 0.345. The number of anilines is 1. The van der Waals surface area contributed by atoms with Crippen molar-refractivity contribution in [3.8, 4) is 17.2 Å². The largest absolute Gasteiger partial charge is 0.493 e. The molecule has 0 amide bonds. The second-order valence-electron chi connectivity index (χ2n) is 9.51. The fourth-order valence-corrected chi connectivity index (χ4v) is 4.84. The first-order valence-corrected chi connectivity index (χ1v) is 11.9. The van der Waals surface area contributed by atoms with E-state index in [1.54, 1.807) is 19.4 Å². The van der Waals surface area contributed by atoms with Crippen LogP contribution in [0.4, 0.5) is 15.8 Å². The van der Waals surface area contributed by atoms with Gasteiger partial charge in [0.25, 0.3) is 0 Å². The summed E-state index contributed by atoms with van der Waals surface area (Å²) in [5, 5.41) is 0. The zero-order valence-corrected chi connectivity index (χ0v) is 20.6. The van der Waals surface area contributed by atoms with Gasteiger partial charge < -0.3 is 14.4 Å². The SMILES string of the molecule is CCCN1c2cc(F)c(C=Nc3ccc(Oc4ccccc4OC)cc3)cc2C(C)CC1(C)C. The van der Waals surface area contributed by atoms with E-state index in [2.05, 4.69) is 37.6 Å². The van der Waals surface area contributed by atoms with Gasteiger partial charge in [0.05, 0.1) is 12.8 Å². The summed E-state index contributed by atoms with van der Waals surface area (Å²) in [6.45, 7) is 9.80. The quantitative estimate of drug-likeness (QED) is 0.336. The lowest BCUT2D eigenvalue weighted by molar-refractivity contribution is 0.375. The molecule has 0 radical (unpaired) electrons. The summed E-state index contributed by atoms with van der Waals surface area (Å²) in [4.78, 5) is 6.87. The Balaban J connectivity index is 1.54. The van der Waals surface area contributed by atoms with Crippen molar-refractivity contribution in [1.29, 1.82) is 0 Å². The van der Waals surface area contributed by atoms with E-state index in [9.17, 15) is 0 Å². The first kappa shape index (κ1) is 23.8. The summed E-state index contributed by atoms with van der Waals surface area (Å²) in [6.07, 6.45) is 3.68. The third-order valence-electron chi connectivity index (χ3n) is 6.44. The lowest BCUT2D eigenvalue weighted by atomic mass is 9.79. The maximum absolute atomic E-state index is 15.1. The highest BCUT2D eigenvalue weighted by Gasteiger charge is 2.36. The molecule has 1 unspecified atom stereocenters. The average molecular weight is 461 g/mol. The highest BCUT2D eigenvalue weighted by molar-refractivity contribution is 5.84. The van der Waals surface area contributed by atoms with Gasteiger partial charge in [0.2, 0.25) is 0 Å². The van der Waals surface area contributed by atoms with Crippen molar-refractivity contribution >= 4 is 17.6 Å². The van der Waals surface area contributed by atoms with E-state index in [0.29, 0.717) is 28.7 Å². The Kier molecular flexibility index (Phi) is 6.92. The van der Waals surface area contributed by atoms with Crippen molar-refractivity contribution in [2.75, 3.05) is 18.6 Å². The van der Waals surface area contributed by atoms with Gasteiger partial charge in [0.1, 0.15) is 11.6 Å². The topological polar surface area (TPSA) is 34.1 Å². The number of rotatable bonds is 7. The molecule has 34 heavy (non-hydrogen) atoms. The highest BCUT2D eigenvalue weighted by atomic mass is 19.1. The Hall–Kier alpha value is -3.34. The van der Waals surface area contributed by atoms with Gasteiger partial charge in [-0.15, -0.1) is 0 Å². The normalized spacial score (nSPS) is 17.0. The maximum Gasteiger partial charge on any atom is 0.169 e. The van der Waals surface area contributed by atoms with Crippen LogP contribution in [0, 0.1) is 5.82 Å². The summed E-state index contributed by atoms with van der Waals surface area (Å²) < 4.78 is 26.3. The van der Waals surface area contributed by atoms with E-state index in [1.165, 1.54) is 5.56 Å². The lowest BCUT2D eigenvalue weighted by Crippen LogP contribution is -2.48. The van der Waals surface area contributed by atoms with E-state index >= 15 is 4.39 Å². The standard InChI is InChI=1S/C29H33FN2O2/c1-6-15-32-26-17-25(30)21(16-24(26)20(2)18-29(32,3)4)19-31-22-11-13-23(14-12-22)34-28-10-8-7-9-27(28)33-5/h7-14,16-17,19-20H,6,15,18H2,1-5H3. The number of benzene rings is 3. The molecule has 4 nitrogen and oxygen atoms in total. The fourth-order valence-electron chi connectivity index (χ4n) is 4.84. The number of para-hydroxylation sites is 2. The molecule has 0 spiro atoms. The molecule has 0 aliphatic carbocycles. The Morgan fingerprint density at radius 1 is 1.09 bits per heavy atom. The Bertz CT molecular complexity index is 1170. The first-order chi connectivity index (χ1) is 16.3. The van der Waals surface area contributed by atoms with Crippen molar-refractivity contribution in [3.05, 3.63) is 77.6 Å². The molecule has 1 aliphatic rings. The van der Waals surface area contributed by atoms with E-state index in [-0.39, 0.29) is 11.4 Å². The third kappa shape index (κ3) is 4.93. The van der Waals surface area contributed by atoms with Crippen LogP contribution in [0.15, 0.2) is 65.7 Å². The van der Waals surface area contributed by atoms with Gasteiger partial charge in [-0.05, 0) is 86.7 Å². The van der Waals surface area contributed by atoms with Crippen molar-refractivity contribution in [3.63, 3.8) is 0 Å². The first-order valence-electron chi connectivity index (χ1n) is 11.9. The highest BCUT2D eigenvalue weighted by Crippen LogP contribution is 2.44. The maximum atomic E-state index is 15.1. The Morgan fingerprint density at radius 3 is 2.47 bits per heavy atom. The van der Waals surface area contributed by atoms with Gasteiger partial charge in [0, 0.05) is 29.5 Å². The molecule has 5 heteroatoms. The van der Waals surface area contributed by atoms with Crippen LogP contribution in [0.3, 0.4) is 0 Å². The van der Waals surface area contributed by atoms with Gasteiger partial charge in [-0.25, -0.2) is 4.39 Å². The number of halogens is 1. The second kappa shape index (κ2) is 9.88. The summed E-state index contributed by atoms with van der Waals surface area (Å²) in [5.41, 5.74) is 3.45. The number of hydrogen-bond donors (Lipinski definition) is 0. The molecule has 1 heterocycles. The van der Waals surface area contributed by atoms with Gasteiger partial charge in [0.15, 0.2) is 11.5 Å². The molecular formula is C29H33FN2O2. The molecule has 4 rings (SSSR count). The number of methoxy groups -OCH3 is 1. The van der Waals surface area contributed by atoms with Gasteiger partial charge in [-0.2, -0.15) is 0 Å². The van der Waals surface area contributed by atoms with E-state index in [4.69, 9.17) is 9.47 Å². The Labute approximate surface area is 202 Å². The minimum Gasteiger partial charge on any atom is -0.493 e. The number of hydrogen-bond acceptors (Lipinski definition) is 4. The number of ether oxygens (including phenoxy) is 2. The molecule has 1 aliphatic heterocycles. The molecule has 0 bridgehead atoms. The van der Waals surface area contributed by atoms with Gasteiger partial charge >= 0.3 is 0 Å². The van der Waals surface area contributed by atoms with Crippen LogP contribution >= 0.6 is 0 Å². The van der Waals surface area contributed by atoms with Crippen LogP contribution < -0.4 is 14.4 Å².